The summed E-state index contributed by atoms with van der Waals surface area (Å²) in [5.41, 5.74) is 0.740. The molecule has 94 valence electrons. The molecule has 2 N–H and O–H groups in total. The van der Waals surface area contributed by atoms with Gasteiger partial charge in [0.1, 0.15) is 5.75 Å². The van der Waals surface area contributed by atoms with Crippen molar-refractivity contribution in [2.45, 2.75) is 24.0 Å². The van der Waals surface area contributed by atoms with E-state index < -0.39 is 10.0 Å². The van der Waals surface area contributed by atoms with Crippen LogP contribution in [0.3, 0.4) is 0 Å². The summed E-state index contributed by atoms with van der Waals surface area (Å²) in [5, 5.41) is 4.87. The Balaban J connectivity index is 2.41. The number of nitrogens with zero attached hydrogens (tertiary/aromatic N) is 2. The van der Waals surface area contributed by atoms with Gasteiger partial charge >= 0.3 is 0 Å². The van der Waals surface area contributed by atoms with Crippen LogP contribution in [-0.2, 0) is 10.0 Å². The second-order valence-corrected chi connectivity index (χ2v) is 5.76. The lowest BCUT2D eigenvalue weighted by Crippen LogP contribution is -2.17. The molecule has 1 saturated carbocycles. The molecule has 0 saturated heterocycles. The maximum Gasteiger partial charge on any atom is 0.255 e. The quantitative estimate of drug-likeness (QED) is 0.840. The van der Waals surface area contributed by atoms with Gasteiger partial charge in [-0.15, -0.1) is 0 Å². The molecule has 1 fully saturated rings. The van der Waals surface area contributed by atoms with E-state index in [1.54, 1.807) is 0 Å². The van der Waals surface area contributed by atoms with Gasteiger partial charge in [-0.3, -0.25) is 0 Å². The van der Waals surface area contributed by atoms with Crippen molar-refractivity contribution in [2.24, 2.45) is 5.14 Å². The van der Waals surface area contributed by atoms with E-state index >= 15 is 0 Å². The maximum atomic E-state index is 11.2. The first-order valence-corrected chi connectivity index (χ1v) is 6.79. The molecule has 1 aliphatic rings. The Labute approximate surface area is 100 Å². The van der Waals surface area contributed by atoms with Crippen LogP contribution in [0.4, 0.5) is 5.69 Å². The summed E-state index contributed by atoms with van der Waals surface area (Å²) in [6.07, 6.45) is 3.64. The highest BCUT2D eigenvalue weighted by molar-refractivity contribution is 7.89. The molecule has 7 heteroatoms. The first kappa shape index (κ1) is 12.1. The first-order valence-electron chi connectivity index (χ1n) is 5.25. The number of rotatable bonds is 4. The minimum Gasteiger partial charge on any atom is -0.488 e. The third kappa shape index (κ3) is 2.86. The van der Waals surface area contributed by atoms with Gasteiger partial charge in [-0.1, -0.05) is 0 Å². The lowest BCUT2D eigenvalue weighted by atomic mass is 10.3. The van der Waals surface area contributed by atoms with E-state index in [2.05, 4.69) is 4.98 Å². The van der Waals surface area contributed by atoms with E-state index in [-0.39, 0.29) is 11.1 Å². The van der Waals surface area contributed by atoms with Crippen LogP contribution in [0.15, 0.2) is 17.3 Å². The predicted molar refractivity (Wildman–Crippen MR) is 63.6 cm³/mol. The molecule has 1 heterocycles. The van der Waals surface area contributed by atoms with Gasteiger partial charge < -0.3 is 9.64 Å². The average molecular weight is 257 g/mol. The fraction of sp³-hybridized carbons (Fsp3) is 0.500. The number of pyridine rings is 1. The van der Waals surface area contributed by atoms with Crippen LogP contribution in [0.2, 0.25) is 0 Å². The van der Waals surface area contributed by atoms with Gasteiger partial charge in [0.2, 0.25) is 0 Å². The number of primary sulfonamides is 1. The van der Waals surface area contributed by atoms with Gasteiger partial charge in [0.05, 0.1) is 18.0 Å². The lowest BCUT2D eigenvalue weighted by molar-refractivity contribution is 0.302. The fourth-order valence-electron chi connectivity index (χ4n) is 1.36. The number of hydrogen-bond donors (Lipinski definition) is 1. The molecule has 2 rings (SSSR count). The Bertz CT molecular complexity index is 524. The highest BCUT2D eigenvalue weighted by Gasteiger charge is 2.26. The van der Waals surface area contributed by atoms with E-state index in [1.807, 2.05) is 19.0 Å². The number of nitrogens with two attached hydrogens (primary N) is 1. The van der Waals surface area contributed by atoms with Crippen molar-refractivity contribution in [1.82, 2.24) is 4.98 Å². The zero-order chi connectivity index (χ0) is 12.6. The van der Waals surface area contributed by atoms with Crippen LogP contribution in [0.1, 0.15) is 12.8 Å². The van der Waals surface area contributed by atoms with Crippen molar-refractivity contribution in [3.63, 3.8) is 0 Å². The van der Waals surface area contributed by atoms with Gasteiger partial charge in [-0.05, 0) is 12.8 Å². The predicted octanol–water partition coefficient (Wildman–Crippen LogP) is 0.336. The van der Waals surface area contributed by atoms with Gasteiger partial charge in [0.15, 0.2) is 5.03 Å². The standard InChI is InChI=1S/C10H15N3O3S/c1-13(2)8-6-12-10(17(11,14)15)5-9(8)16-7-3-4-7/h5-7H,3-4H2,1-2H3,(H2,11,14,15). The second-order valence-electron chi connectivity index (χ2n) is 4.25. The normalized spacial score (nSPS) is 15.7. The first-order chi connectivity index (χ1) is 7.88. The zero-order valence-corrected chi connectivity index (χ0v) is 10.6. The number of ether oxygens (including phenoxy) is 1. The van der Waals surface area contributed by atoms with Crippen LogP contribution in [-0.4, -0.2) is 33.6 Å². The van der Waals surface area contributed by atoms with Gasteiger partial charge in [0, 0.05) is 20.2 Å². The second kappa shape index (κ2) is 4.15. The molecule has 0 atom stereocenters. The average Bonchev–Trinajstić information content (AvgIpc) is 2.99. The van der Waals surface area contributed by atoms with Crippen LogP contribution in [0, 0.1) is 0 Å². The fourth-order valence-corrected chi connectivity index (χ4v) is 1.83. The van der Waals surface area contributed by atoms with Gasteiger partial charge in [-0.2, -0.15) is 0 Å². The third-order valence-corrected chi connectivity index (χ3v) is 3.22. The topological polar surface area (TPSA) is 85.5 Å². The smallest absolute Gasteiger partial charge is 0.255 e. The van der Waals surface area contributed by atoms with E-state index in [9.17, 15) is 8.42 Å². The van der Waals surface area contributed by atoms with Crippen molar-refractivity contribution >= 4 is 15.7 Å². The molecule has 6 nitrogen and oxygen atoms in total. The largest absolute Gasteiger partial charge is 0.488 e. The number of anilines is 1. The molecule has 17 heavy (non-hydrogen) atoms. The zero-order valence-electron chi connectivity index (χ0n) is 9.75. The Kier molecular flexibility index (Phi) is 2.96. The lowest BCUT2D eigenvalue weighted by Gasteiger charge is -2.17. The summed E-state index contributed by atoms with van der Waals surface area (Å²) in [6.45, 7) is 0. The SMILES string of the molecule is CN(C)c1cnc(S(N)(=O)=O)cc1OC1CC1. The molecule has 0 spiro atoms. The minimum absolute atomic E-state index is 0.168. The summed E-state index contributed by atoms with van der Waals surface area (Å²) in [5.74, 6) is 0.511. The Morgan fingerprint density at radius 1 is 1.47 bits per heavy atom. The molecule has 1 aromatic heterocycles. The Morgan fingerprint density at radius 3 is 2.59 bits per heavy atom. The van der Waals surface area contributed by atoms with Crippen molar-refractivity contribution in [1.29, 1.82) is 0 Å². The summed E-state index contributed by atoms with van der Waals surface area (Å²) >= 11 is 0. The molecule has 0 bridgehead atoms. The Hall–Kier alpha value is -1.34. The monoisotopic (exact) mass is 257 g/mol. The molecule has 1 aromatic rings. The van der Waals surface area contributed by atoms with E-state index in [4.69, 9.17) is 9.88 Å². The molecule has 0 aliphatic heterocycles. The summed E-state index contributed by atoms with van der Waals surface area (Å²) in [4.78, 5) is 5.64. The van der Waals surface area contributed by atoms with Gasteiger partial charge in [0.25, 0.3) is 10.0 Å². The molecule has 0 amide bonds. The molecule has 0 aromatic carbocycles. The van der Waals surface area contributed by atoms with Crippen LogP contribution >= 0.6 is 0 Å². The molecular weight excluding hydrogens is 242 g/mol. The molecule has 0 radical (unpaired) electrons. The molecule has 1 aliphatic carbocycles. The summed E-state index contributed by atoms with van der Waals surface area (Å²) < 4.78 is 28.1. The van der Waals surface area contributed by atoms with Crippen LogP contribution in [0.25, 0.3) is 0 Å². The molecule has 0 unspecified atom stereocenters. The number of hydrogen-bond acceptors (Lipinski definition) is 5. The van der Waals surface area contributed by atoms with Crippen LogP contribution in [0.5, 0.6) is 5.75 Å². The summed E-state index contributed by atoms with van der Waals surface area (Å²) in [7, 11) is -0.111. The van der Waals surface area contributed by atoms with Crippen molar-refractivity contribution in [3.05, 3.63) is 12.3 Å². The number of sulfonamides is 1. The van der Waals surface area contributed by atoms with Crippen molar-refractivity contribution in [2.75, 3.05) is 19.0 Å². The maximum absolute atomic E-state index is 11.2. The van der Waals surface area contributed by atoms with E-state index in [0.29, 0.717) is 5.75 Å². The van der Waals surface area contributed by atoms with E-state index in [1.165, 1.54) is 12.3 Å². The third-order valence-electron chi connectivity index (χ3n) is 2.41. The van der Waals surface area contributed by atoms with E-state index in [0.717, 1.165) is 18.5 Å². The van der Waals surface area contributed by atoms with Gasteiger partial charge in [-0.25, -0.2) is 18.5 Å². The minimum atomic E-state index is -3.79. The number of aromatic nitrogens is 1. The summed E-state index contributed by atoms with van der Waals surface area (Å²) in [6, 6.07) is 1.38. The van der Waals surface area contributed by atoms with Crippen molar-refractivity contribution in [3.8, 4) is 5.75 Å². The highest BCUT2D eigenvalue weighted by atomic mass is 32.2. The van der Waals surface area contributed by atoms with Crippen molar-refractivity contribution < 1.29 is 13.2 Å². The highest BCUT2D eigenvalue weighted by Crippen LogP contribution is 2.33. The molecular formula is C10H15N3O3S. The Morgan fingerprint density at radius 2 is 2.12 bits per heavy atom. The van der Waals surface area contributed by atoms with Crippen LogP contribution < -0.4 is 14.8 Å².